The predicted molar refractivity (Wildman–Crippen MR) is 83.5 cm³/mol. The number of carbonyl (C=O) groups is 1. The second-order valence-electron chi connectivity index (χ2n) is 4.55. The summed E-state index contributed by atoms with van der Waals surface area (Å²) in [6.45, 7) is 1.90. The number of aromatic nitrogens is 1. The minimum atomic E-state index is -0.521. The summed E-state index contributed by atoms with van der Waals surface area (Å²) in [4.78, 5) is 26.5. The molecule has 0 unspecified atom stereocenters. The Morgan fingerprint density at radius 3 is 2.86 bits per heavy atom. The van der Waals surface area contributed by atoms with Crippen LogP contribution in [0.25, 0.3) is 0 Å². The lowest BCUT2D eigenvalue weighted by atomic mass is 10.2. The number of nitrogens with one attached hydrogen (secondary N) is 1. The summed E-state index contributed by atoms with van der Waals surface area (Å²) in [7, 11) is 1.44. The van der Waals surface area contributed by atoms with Gasteiger partial charge in [0.25, 0.3) is 5.69 Å². The number of carbonyl (C=O) groups excluding carboxylic acids is 1. The molecule has 22 heavy (non-hydrogen) atoms. The number of nitro groups is 1. The Kier molecular flexibility index (Phi) is 5.05. The molecule has 0 spiro atoms. The first-order chi connectivity index (χ1) is 10.5. The molecule has 2 rings (SSSR count). The molecule has 2 aromatic rings. The third-order valence-corrected chi connectivity index (χ3v) is 3.77. The zero-order valence-corrected chi connectivity index (χ0v) is 13.0. The van der Waals surface area contributed by atoms with Crippen LogP contribution >= 0.6 is 11.3 Å². The third-order valence-electron chi connectivity index (χ3n) is 2.94. The van der Waals surface area contributed by atoms with E-state index in [0.29, 0.717) is 12.2 Å². The largest absolute Gasteiger partial charge is 0.495 e. The molecular weight excluding hydrogens is 306 g/mol. The molecule has 0 saturated heterocycles. The summed E-state index contributed by atoms with van der Waals surface area (Å²) in [6.07, 6.45) is 0.766. The van der Waals surface area contributed by atoms with E-state index >= 15 is 0 Å². The standard InChI is InChI=1S/C14H15N3O4S/c1-9-15-10(8-22-9)3-6-14(18)16-12-7-11(17(19)20)4-5-13(12)21-2/h4-5,7-8H,3,6H2,1-2H3,(H,16,18). The van der Waals surface area contributed by atoms with Crippen LogP contribution < -0.4 is 10.1 Å². The zero-order valence-electron chi connectivity index (χ0n) is 12.2. The number of thiazole rings is 1. The van der Waals surface area contributed by atoms with E-state index in [4.69, 9.17) is 4.74 Å². The molecule has 0 bridgehead atoms. The lowest BCUT2D eigenvalue weighted by molar-refractivity contribution is -0.384. The molecule has 0 fully saturated rings. The lowest BCUT2D eigenvalue weighted by Crippen LogP contribution is -2.13. The number of hydrogen-bond donors (Lipinski definition) is 1. The molecule has 1 amide bonds. The second-order valence-corrected chi connectivity index (χ2v) is 5.61. The number of ether oxygens (including phenoxy) is 1. The van der Waals surface area contributed by atoms with Crippen molar-refractivity contribution in [3.8, 4) is 5.75 Å². The van der Waals surface area contributed by atoms with Crippen molar-refractivity contribution < 1.29 is 14.5 Å². The van der Waals surface area contributed by atoms with Crippen molar-refractivity contribution in [1.82, 2.24) is 4.98 Å². The van der Waals surface area contributed by atoms with Gasteiger partial charge in [-0.25, -0.2) is 4.98 Å². The van der Waals surface area contributed by atoms with E-state index in [0.717, 1.165) is 10.7 Å². The van der Waals surface area contributed by atoms with Crippen LogP contribution in [-0.4, -0.2) is 22.9 Å². The fourth-order valence-electron chi connectivity index (χ4n) is 1.88. The molecule has 1 N–H and O–H groups in total. The van der Waals surface area contributed by atoms with Gasteiger partial charge in [0.05, 0.1) is 28.4 Å². The smallest absolute Gasteiger partial charge is 0.271 e. The van der Waals surface area contributed by atoms with Gasteiger partial charge in [0.2, 0.25) is 5.91 Å². The fraction of sp³-hybridized carbons (Fsp3) is 0.286. The van der Waals surface area contributed by atoms with E-state index in [1.165, 1.54) is 36.6 Å². The number of anilines is 1. The first-order valence-electron chi connectivity index (χ1n) is 6.53. The van der Waals surface area contributed by atoms with Gasteiger partial charge in [-0.15, -0.1) is 11.3 Å². The minimum Gasteiger partial charge on any atom is -0.495 e. The molecule has 1 aromatic heterocycles. The minimum absolute atomic E-state index is 0.105. The quantitative estimate of drug-likeness (QED) is 0.652. The van der Waals surface area contributed by atoms with Gasteiger partial charge < -0.3 is 10.1 Å². The van der Waals surface area contributed by atoms with Crippen LogP contribution in [0.5, 0.6) is 5.75 Å². The van der Waals surface area contributed by atoms with Crippen LogP contribution in [0.4, 0.5) is 11.4 Å². The number of benzene rings is 1. The Morgan fingerprint density at radius 1 is 1.50 bits per heavy atom. The molecule has 7 nitrogen and oxygen atoms in total. The Balaban J connectivity index is 2.03. The van der Waals surface area contributed by atoms with E-state index in [1.807, 2.05) is 12.3 Å². The molecule has 116 valence electrons. The monoisotopic (exact) mass is 321 g/mol. The number of non-ortho nitro benzene ring substituents is 1. The Labute approximate surface area is 131 Å². The summed E-state index contributed by atoms with van der Waals surface area (Å²) in [5, 5.41) is 16.3. The Bertz CT molecular complexity index is 699. The van der Waals surface area contributed by atoms with Crippen molar-refractivity contribution in [3.05, 3.63) is 44.4 Å². The van der Waals surface area contributed by atoms with E-state index < -0.39 is 4.92 Å². The maximum Gasteiger partial charge on any atom is 0.271 e. The van der Waals surface area contributed by atoms with Gasteiger partial charge >= 0.3 is 0 Å². The normalized spacial score (nSPS) is 10.3. The van der Waals surface area contributed by atoms with Crippen LogP contribution in [0.2, 0.25) is 0 Å². The van der Waals surface area contributed by atoms with Gasteiger partial charge in [-0.05, 0) is 19.4 Å². The van der Waals surface area contributed by atoms with Crippen molar-refractivity contribution in [3.63, 3.8) is 0 Å². The first kappa shape index (κ1) is 15.9. The van der Waals surface area contributed by atoms with E-state index in [-0.39, 0.29) is 23.7 Å². The summed E-state index contributed by atoms with van der Waals surface area (Å²) >= 11 is 1.53. The van der Waals surface area contributed by atoms with Gasteiger partial charge in [-0.1, -0.05) is 0 Å². The van der Waals surface area contributed by atoms with Gasteiger partial charge in [-0.2, -0.15) is 0 Å². The summed E-state index contributed by atoms with van der Waals surface area (Å²) in [5.74, 6) is 0.132. The second kappa shape index (κ2) is 6.99. The predicted octanol–water partition coefficient (Wildman–Crippen LogP) is 2.94. The summed E-state index contributed by atoms with van der Waals surface area (Å²) in [5.41, 5.74) is 1.05. The van der Waals surface area contributed by atoms with Gasteiger partial charge in [0.15, 0.2) is 0 Å². The maximum absolute atomic E-state index is 12.0. The molecule has 1 heterocycles. The number of nitro benzene ring substituents is 1. The van der Waals surface area contributed by atoms with Crippen LogP contribution in [0.1, 0.15) is 17.1 Å². The molecule has 1 aromatic carbocycles. The van der Waals surface area contributed by atoms with Gasteiger partial charge in [0.1, 0.15) is 5.75 Å². The number of aryl methyl sites for hydroxylation is 2. The highest BCUT2D eigenvalue weighted by molar-refractivity contribution is 7.09. The molecule has 0 aliphatic carbocycles. The summed E-state index contributed by atoms with van der Waals surface area (Å²) in [6, 6.07) is 4.06. The maximum atomic E-state index is 12.0. The van der Waals surface area contributed by atoms with E-state index in [1.54, 1.807) is 0 Å². The molecule has 0 atom stereocenters. The molecule has 0 aliphatic heterocycles. The zero-order chi connectivity index (χ0) is 16.1. The van der Waals surface area contributed by atoms with Gasteiger partial charge in [-0.3, -0.25) is 14.9 Å². The average molecular weight is 321 g/mol. The number of nitrogens with zero attached hydrogens (tertiary/aromatic N) is 2. The van der Waals surface area contributed by atoms with Crippen molar-refractivity contribution in [2.24, 2.45) is 0 Å². The number of rotatable bonds is 6. The lowest BCUT2D eigenvalue weighted by Gasteiger charge is -2.09. The Hall–Kier alpha value is -2.48. The molecule has 8 heteroatoms. The topological polar surface area (TPSA) is 94.4 Å². The highest BCUT2D eigenvalue weighted by atomic mass is 32.1. The molecule has 0 aliphatic rings. The average Bonchev–Trinajstić information content (AvgIpc) is 2.90. The molecule has 0 saturated carbocycles. The van der Waals surface area contributed by atoms with Gasteiger partial charge in [0, 0.05) is 23.9 Å². The molecule has 0 radical (unpaired) electrons. The van der Waals surface area contributed by atoms with Crippen LogP contribution in [0, 0.1) is 17.0 Å². The first-order valence-corrected chi connectivity index (χ1v) is 7.41. The summed E-state index contributed by atoms with van der Waals surface area (Å²) < 4.78 is 5.10. The van der Waals surface area contributed by atoms with Crippen molar-refractivity contribution in [2.75, 3.05) is 12.4 Å². The van der Waals surface area contributed by atoms with E-state index in [9.17, 15) is 14.9 Å². The number of amides is 1. The number of methoxy groups -OCH3 is 1. The van der Waals surface area contributed by atoms with Crippen molar-refractivity contribution in [2.45, 2.75) is 19.8 Å². The third kappa shape index (κ3) is 4.01. The van der Waals surface area contributed by atoms with Crippen LogP contribution in [0.3, 0.4) is 0 Å². The molecular formula is C14H15N3O4S. The van der Waals surface area contributed by atoms with E-state index in [2.05, 4.69) is 10.3 Å². The van der Waals surface area contributed by atoms with Crippen molar-refractivity contribution in [1.29, 1.82) is 0 Å². The van der Waals surface area contributed by atoms with Crippen LogP contribution in [-0.2, 0) is 11.2 Å². The Morgan fingerprint density at radius 2 is 2.27 bits per heavy atom. The number of hydrogen-bond acceptors (Lipinski definition) is 6. The highest BCUT2D eigenvalue weighted by Gasteiger charge is 2.14. The van der Waals surface area contributed by atoms with Crippen LogP contribution in [0.15, 0.2) is 23.6 Å². The highest BCUT2D eigenvalue weighted by Crippen LogP contribution is 2.29. The fourth-order valence-corrected chi connectivity index (χ4v) is 2.53. The van der Waals surface area contributed by atoms with Crippen molar-refractivity contribution >= 4 is 28.6 Å². The SMILES string of the molecule is COc1ccc([N+](=O)[O-])cc1NC(=O)CCc1csc(C)n1.